The fourth-order valence-corrected chi connectivity index (χ4v) is 5.35. The van der Waals surface area contributed by atoms with Gasteiger partial charge in [0.05, 0.1) is 10.2 Å². The first-order valence-electron chi connectivity index (χ1n) is 8.64. The van der Waals surface area contributed by atoms with Gasteiger partial charge in [-0.2, -0.15) is 0 Å². The number of thiazole rings is 1. The molecule has 2 fully saturated rings. The first-order chi connectivity index (χ1) is 12.2. The third kappa shape index (κ3) is 4.15. The van der Waals surface area contributed by atoms with E-state index in [1.54, 1.807) is 23.1 Å². The van der Waals surface area contributed by atoms with Gasteiger partial charge in [0.2, 0.25) is 5.91 Å². The Hall–Kier alpha value is -1.19. The lowest BCUT2D eigenvalue weighted by molar-refractivity contribution is -0.127. The number of nitrogens with zero attached hydrogens (tertiary/aromatic N) is 3. The van der Waals surface area contributed by atoms with Crippen LogP contribution in [0, 0.1) is 0 Å². The van der Waals surface area contributed by atoms with Crippen molar-refractivity contribution >= 4 is 39.2 Å². The molecule has 6 nitrogen and oxygen atoms in total. The van der Waals surface area contributed by atoms with E-state index in [0.29, 0.717) is 6.42 Å². The molecule has 2 saturated heterocycles. The first-order valence-corrected chi connectivity index (χ1v) is 10.4. The molecule has 25 heavy (non-hydrogen) atoms. The molecule has 2 N–H and O–H groups in total. The van der Waals surface area contributed by atoms with Gasteiger partial charge in [0.1, 0.15) is 6.29 Å². The summed E-state index contributed by atoms with van der Waals surface area (Å²) in [6.07, 6.45) is 0.484. The number of para-hydroxylation sites is 1. The molecule has 2 aliphatic rings. The van der Waals surface area contributed by atoms with E-state index < -0.39 is 0 Å². The zero-order valence-corrected chi connectivity index (χ0v) is 15.9. The highest BCUT2D eigenvalue weighted by Crippen LogP contribution is 2.30. The zero-order valence-electron chi connectivity index (χ0n) is 14.3. The Labute approximate surface area is 156 Å². The van der Waals surface area contributed by atoms with Crippen molar-refractivity contribution in [2.75, 3.05) is 39.0 Å². The summed E-state index contributed by atoms with van der Waals surface area (Å²) in [5, 5.41) is 6.69. The van der Waals surface area contributed by atoms with Crippen molar-refractivity contribution in [2.24, 2.45) is 0 Å². The van der Waals surface area contributed by atoms with E-state index in [1.807, 2.05) is 18.2 Å². The van der Waals surface area contributed by atoms with Crippen LogP contribution in [0.1, 0.15) is 6.42 Å². The number of carbonyl (C=O) groups excluding carboxylic acids is 1. The predicted molar refractivity (Wildman–Crippen MR) is 103 cm³/mol. The van der Waals surface area contributed by atoms with Crippen LogP contribution < -0.4 is 10.6 Å². The smallest absolute Gasteiger partial charge is 0.223 e. The largest absolute Gasteiger partial charge is 0.328 e. The van der Waals surface area contributed by atoms with E-state index in [4.69, 9.17) is 0 Å². The number of thioether (sulfide) groups is 1. The molecule has 0 saturated carbocycles. The fraction of sp³-hybridized carbons (Fsp3) is 0.529. The molecule has 2 unspecified atom stereocenters. The topological polar surface area (TPSA) is 60.5 Å². The Bertz CT molecular complexity index is 710. The number of benzene rings is 1. The van der Waals surface area contributed by atoms with Gasteiger partial charge in [0.15, 0.2) is 4.34 Å². The number of rotatable bonds is 4. The number of amides is 1. The first kappa shape index (κ1) is 17.2. The molecule has 1 aromatic carbocycles. The van der Waals surface area contributed by atoms with Crippen LogP contribution in [0.15, 0.2) is 28.6 Å². The van der Waals surface area contributed by atoms with Gasteiger partial charge in [0.25, 0.3) is 0 Å². The molecule has 8 heteroatoms. The van der Waals surface area contributed by atoms with E-state index >= 15 is 0 Å². The Kier molecular flexibility index (Phi) is 5.23. The van der Waals surface area contributed by atoms with Crippen molar-refractivity contribution in [3.63, 3.8) is 0 Å². The second-order valence-electron chi connectivity index (χ2n) is 6.64. The van der Waals surface area contributed by atoms with Gasteiger partial charge in [-0.25, -0.2) is 4.98 Å². The van der Waals surface area contributed by atoms with Crippen molar-refractivity contribution in [3.8, 4) is 0 Å². The number of likely N-dealkylation sites (N-methyl/N-ethyl adjacent to an activating group) is 1. The van der Waals surface area contributed by atoms with Gasteiger partial charge in [-0.05, 0) is 19.2 Å². The number of nitrogens with one attached hydrogen (secondary N) is 2. The monoisotopic (exact) mass is 377 g/mol. The van der Waals surface area contributed by atoms with Crippen LogP contribution >= 0.6 is 23.1 Å². The van der Waals surface area contributed by atoms with Crippen LogP contribution in [0.2, 0.25) is 0 Å². The predicted octanol–water partition coefficient (Wildman–Crippen LogP) is 1.40. The summed E-state index contributed by atoms with van der Waals surface area (Å²) in [4.78, 5) is 21.5. The number of hydrogen-bond acceptors (Lipinski definition) is 7. The van der Waals surface area contributed by atoms with Crippen molar-refractivity contribution in [2.45, 2.75) is 23.1 Å². The molecule has 2 atom stereocenters. The van der Waals surface area contributed by atoms with Crippen LogP contribution in [0.3, 0.4) is 0 Å². The number of carbonyl (C=O) groups is 1. The van der Waals surface area contributed by atoms with Crippen molar-refractivity contribution < 1.29 is 4.79 Å². The standard InChI is InChI=1S/C17H23N5OS2/c1-21-6-8-22(9-7-21)16-18-12(10-15(23)20-16)11-24-17-19-13-4-2-3-5-14(13)25-17/h2-5,12,16,18H,6-11H2,1H3,(H,20,23). The van der Waals surface area contributed by atoms with E-state index in [-0.39, 0.29) is 18.2 Å². The number of aromatic nitrogens is 1. The molecule has 2 aliphatic heterocycles. The van der Waals surface area contributed by atoms with Crippen molar-refractivity contribution in [1.82, 2.24) is 25.4 Å². The van der Waals surface area contributed by atoms with Crippen LogP contribution in [0.25, 0.3) is 10.2 Å². The molecule has 0 spiro atoms. The van der Waals surface area contributed by atoms with Crippen molar-refractivity contribution in [3.05, 3.63) is 24.3 Å². The number of fused-ring (bicyclic) bond motifs is 1. The lowest BCUT2D eigenvalue weighted by Gasteiger charge is -2.42. The Morgan fingerprint density at radius 3 is 2.88 bits per heavy atom. The molecular formula is C17H23N5OS2. The summed E-state index contributed by atoms with van der Waals surface area (Å²) in [5.41, 5.74) is 1.06. The molecule has 1 aromatic heterocycles. The third-order valence-electron chi connectivity index (χ3n) is 4.71. The minimum absolute atomic E-state index is 0.0454. The Balaban J connectivity index is 1.35. The van der Waals surface area contributed by atoms with Crippen molar-refractivity contribution in [1.29, 1.82) is 0 Å². The summed E-state index contributed by atoms with van der Waals surface area (Å²) >= 11 is 3.47. The normalized spacial score (nSPS) is 26.0. The summed E-state index contributed by atoms with van der Waals surface area (Å²) in [5.74, 6) is 0.995. The van der Waals surface area contributed by atoms with Gasteiger partial charge in [0, 0.05) is 44.4 Å². The highest BCUT2D eigenvalue weighted by Gasteiger charge is 2.31. The number of piperazine rings is 1. The zero-order chi connectivity index (χ0) is 17.2. The SMILES string of the molecule is CN1CCN(C2NC(=O)CC(CSc3nc4ccccc4s3)N2)CC1. The minimum Gasteiger partial charge on any atom is -0.328 e. The van der Waals surface area contributed by atoms with Crippen LogP contribution in [-0.4, -0.2) is 72.0 Å². The second-order valence-corrected chi connectivity index (χ2v) is 8.93. The van der Waals surface area contributed by atoms with Gasteiger partial charge in [-0.1, -0.05) is 23.9 Å². The molecule has 0 radical (unpaired) electrons. The van der Waals surface area contributed by atoms with Gasteiger partial charge >= 0.3 is 0 Å². The van der Waals surface area contributed by atoms with Gasteiger partial charge < -0.3 is 10.2 Å². The van der Waals surface area contributed by atoms with E-state index in [9.17, 15) is 4.79 Å². The fourth-order valence-electron chi connectivity index (χ4n) is 3.23. The maximum absolute atomic E-state index is 12.1. The van der Waals surface area contributed by atoms with Crippen LogP contribution in [0.5, 0.6) is 0 Å². The molecule has 4 rings (SSSR count). The molecule has 0 bridgehead atoms. The molecular weight excluding hydrogens is 354 g/mol. The highest BCUT2D eigenvalue weighted by molar-refractivity contribution is 8.01. The van der Waals surface area contributed by atoms with Gasteiger partial charge in [-0.3, -0.25) is 15.0 Å². The minimum atomic E-state index is -0.0454. The molecule has 134 valence electrons. The van der Waals surface area contributed by atoms with E-state index in [2.05, 4.69) is 38.5 Å². The maximum Gasteiger partial charge on any atom is 0.223 e. The highest BCUT2D eigenvalue weighted by atomic mass is 32.2. The lowest BCUT2D eigenvalue weighted by atomic mass is 10.2. The average molecular weight is 378 g/mol. The number of hydrogen-bond donors (Lipinski definition) is 2. The van der Waals surface area contributed by atoms with E-state index in [1.165, 1.54) is 4.70 Å². The lowest BCUT2D eigenvalue weighted by Crippen LogP contribution is -2.66. The van der Waals surface area contributed by atoms with Crippen LogP contribution in [-0.2, 0) is 4.79 Å². The molecule has 0 aliphatic carbocycles. The second kappa shape index (κ2) is 7.59. The summed E-state index contributed by atoms with van der Waals surface area (Å²) in [7, 11) is 2.14. The maximum atomic E-state index is 12.1. The Morgan fingerprint density at radius 1 is 1.28 bits per heavy atom. The molecule has 1 amide bonds. The summed E-state index contributed by atoms with van der Waals surface area (Å²) in [6.45, 7) is 4.04. The molecule has 2 aromatic rings. The average Bonchev–Trinajstić information content (AvgIpc) is 3.03. The quantitative estimate of drug-likeness (QED) is 0.786. The van der Waals surface area contributed by atoms with Crippen LogP contribution in [0.4, 0.5) is 0 Å². The Morgan fingerprint density at radius 2 is 2.08 bits per heavy atom. The van der Waals surface area contributed by atoms with Gasteiger partial charge in [-0.15, -0.1) is 11.3 Å². The van der Waals surface area contributed by atoms with E-state index in [0.717, 1.165) is 41.8 Å². The third-order valence-corrected chi connectivity index (χ3v) is 7.05. The molecule has 3 heterocycles. The summed E-state index contributed by atoms with van der Waals surface area (Å²) < 4.78 is 2.29. The summed E-state index contributed by atoms with van der Waals surface area (Å²) in [6, 6.07) is 8.39.